The molecule has 3 rings (SSSR count). The fraction of sp³-hybridized carbons (Fsp3) is 0.500. The van der Waals surface area contributed by atoms with Crippen LogP contribution in [-0.2, 0) is 19.1 Å². The maximum absolute atomic E-state index is 12.7. The average molecular weight is 270 g/mol. The molecule has 0 amide bonds. The molecule has 1 aliphatic rings. The number of alkyl halides is 3. The van der Waals surface area contributed by atoms with Gasteiger partial charge in [-0.05, 0) is 12.0 Å². The van der Waals surface area contributed by atoms with E-state index in [1.807, 2.05) is 6.92 Å². The summed E-state index contributed by atoms with van der Waals surface area (Å²) >= 11 is 0. The van der Waals surface area contributed by atoms with E-state index in [1.54, 1.807) is 4.57 Å². The Labute approximate surface area is 107 Å². The minimum atomic E-state index is -4.44. The van der Waals surface area contributed by atoms with Gasteiger partial charge in [-0.3, -0.25) is 0 Å². The van der Waals surface area contributed by atoms with Crippen LogP contribution in [-0.4, -0.2) is 20.6 Å². The van der Waals surface area contributed by atoms with Crippen LogP contribution in [0.1, 0.15) is 18.4 Å². The predicted octanol–water partition coefficient (Wildman–Crippen LogP) is 1.97. The number of aromatic nitrogens is 3. The van der Waals surface area contributed by atoms with E-state index in [0.29, 0.717) is 24.0 Å². The summed E-state index contributed by atoms with van der Waals surface area (Å²) in [5.74, 6) is 1.06. The topological polar surface area (TPSA) is 56.7 Å². The van der Waals surface area contributed by atoms with Gasteiger partial charge in [-0.1, -0.05) is 6.92 Å². The number of nitrogens with two attached hydrogens (primary N) is 1. The van der Waals surface area contributed by atoms with Crippen molar-refractivity contribution in [2.24, 2.45) is 11.7 Å². The molecule has 1 aliphatic heterocycles. The van der Waals surface area contributed by atoms with Crippen molar-refractivity contribution in [2.45, 2.75) is 32.1 Å². The normalized spacial score (nSPS) is 23.6. The molecule has 0 bridgehead atoms. The highest BCUT2D eigenvalue weighted by Crippen LogP contribution is 2.31. The van der Waals surface area contributed by atoms with Gasteiger partial charge in [0.2, 0.25) is 0 Å². The molecule has 0 aliphatic carbocycles. The van der Waals surface area contributed by atoms with E-state index in [1.165, 1.54) is 6.20 Å². The van der Waals surface area contributed by atoms with Gasteiger partial charge in [0, 0.05) is 19.0 Å². The van der Waals surface area contributed by atoms with Crippen LogP contribution < -0.4 is 5.73 Å². The van der Waals surface area contributed by atoms with Gasteiger partial charge in [0.1, 0.15) is 17.0 Å². The summed E-state index contributed by atoms with van der Waals surface area (Å²) in [6, 6.07) is 0.988. The first kappa shape index (κ1) is 12.4. The van der Waals surface area contributed by atoms with Gasteiger partial charge < -0.3 is 10.3 Å². The third-order valence-electron chi connectivity index (χ3n) is 3.63. The predicted molar refractivity (Wildman–Crippen MR) is 63.4 cm³/mol. The van der Waals surface area contributed by atoms with Crippen LogP contribution in [0.2, 0.25) is 0 Å². The van der Waals surface area contributed by atoms with E-state index in [9.17, 15) is 13.2 Å². The van der Waals surface area contributed by atoms with Crippen LogP contribution in [0.4, 0.5) is 13.2 Å². The standard InChI is InChI=1S/C12H13F3N4/c1-6-2-11-18-8-4-17-10(12(13,14)15)3-9(8)19(11)5-7(6)16/h3-4,6-7H,2,5,16H2,1H3/t6?,7-/m0/s1. The monoisotopic (exact) mass is 270 g/mol. The molecule has 102 valence electrons. The van der Waals surface area contributed by atoms with E-state index in [0.717, 1.165) is 11.9 Å². The van der Waals surface area contributed by atoms with Crippen molar-refractivity contribution in [2.75, 3.05) is 0 Å². The zero-order valence-corrected chi connectivity index (χ0v) is 10.3. The Balaban J connectivity index is 2.16. The summed E-state index contributed by atoms with van der Waals surface area (Å²) in [7, 11) is 0. The minimum absolute atomic E-state index is 0.0626. The molecule has 3 heterocycles. The number of fused-ring (bicyclic) bond motifs is 3. The number of pyridine rings is 1. The average Bonchev–Trinajstić information content (AvgIpc) is 2.65. The Kier molecular flexibility index (Phi) is 2.57. The van der Waals surface area contributed by atoms with Gasteiger partial charge in [-0.25, -0.2) is 9.97 Å². The maximum Gasteiger partial charge on any atom is 0.433 e. The Morgan fingerprint density at radius 1 is 1.42 bits per heavy atom. The SMILES string of the molecule is CC1Cc2nc3cnc(C(F)(F)F)cc3n2C[C@@H]1N. The zero-order valence-electron chi connectivity index (χ0n) is 10.3. The molecule has 0 spiro atoms. The first-order valence-corrected chi connectivity index (χ1v) is 6.04. The van der Waals surface area contributed by atoms with Crippen LogP contribution in [0.15, 0.2) is 12.3 Å². The summed E-state index contributed by atoms with van der Waals surface area (Å²) in [6.45, 7) is 2.52. The van der Waals surface area contributed by atoms with Crippen LogP contribution in [0.5, 0.6) is 0 Å². The molecule has 0 saturated heterocycles. The molecule has 0 saturated carbocycles. The number of nitrogens with zero attached hydrogens (tertiary/aromatic N) is 3. The fourth-order valence-electron chi connectivity index (χ4n) is 2.42. The summed E-state index contributed by atoms with van der Waals surface area (Å²) in [4.78, 5) is 7.77. The second kappa shape index (κ2) is 3.93. The zero-order chi connectivity index (χ0) is 13.8. The first-order valence-electron chi connectivity index (χ1n) is 6.04. The number of hydrogen-bond donors (Lipinski definition) is 1. The van der Waals surface area contributed by atoms with E-state index >= 15 is 0 Å². The van der Waals surface area contributed by atoms with Crippen molar-refractivity contribution in [1.82, 2.24) is 14.5 Å². The first-order chi connectivity index (χ1) is 8.86. The van der Waals surface area contributed by atoms with E-state index < -0.39 is 11.9 Å². The molecule has 7 heteroatoms. The van der Waals surface area contributed by atoms with Gasteiger partial charge in [0.25, 0.3) is 0 Å². The number of halogens is 3. The number of hydrogen-bond acceptors (Lipinski definition) is 3. The van der Waals surface area contributed by atoms with Crippen LogP contribution in [0, 0.1) is 5.92 Å². The fourth-order valence-corrected chi connectivity index (χ4v) is 2.42. The lowest BCUT2D eigenvalue weighted by molar-refractivity contribution is -0.141. The smallest absolute Gasteiger partial charge is 0.326 e. The highest BCUT2D eigenvalue weighted by molar-refractivity contribution is 5.75. The van der Waals surface area contributed by atoms with Crippen molar-refractivity contribution in [1.29, 1.82) is 0 Å². The van der Waals surface area contributed by atoms with E-state index in [-0.39, 0.29) is 12.0 Å². The van der Waals surface area contributed by atoms with E-state index in [4.69, 9.17) is 5.73 Å². The molecular formula is C12H13F3N4. The van der Waals surface area contributed by atoms with Gasteiger partial charge in [0.15, 0.2) is 0 Å². The van der Waals surface area contributed by atoms with E-state index in [2.05, 4.69) is 9.97 Å². The number of rotatable bonds is 0. The lowest BCUT2D eigenvalue weighted by atomic mass is 9.95. The second-order valence-corrected chi connectivity index (χ2v) is 5.04. The second-order valence-electron chi connectivity index (χ2n) is 5.04. The van der Waals surface area contributed by atoms with Crippen LogP contribution >= 0.6 is 0 Å². The van der Waals surface area contributed by atoms with Gasteiger partial charge in [0.05, 0.1) is 11.7 Å². The Bertz CT molecular complexity index is 632. The number of imidazole rings is 1. The van der Waals surface area contributed by atoms with Gasteiger partial charge in [-0.2, -0.15) is 13.2 Å². The molecule has 0 fully saturated rings. The summed E-state index contributed by atoms with van der Waals surface area (Å²) in [5.41, 5.74) is 6.04. The largest absolute Gasteiger partial charge is 0.433 e. The molecular weight excluding hydrogens is 257 g/mol. The Hall–Kier alpha value is -1.63. The molecule has 0 aromatic carbocycles. The molecule has 0 radical (unpaired) electrons. The summed E-state index contributed by atoms with van der Waals surface area (Å²) in [6.07, 6.45) is -2.58. The Morgan fingerprint density at radius 2 is 2.16 bits per heavy atom. The minimum Gasteiger partial charge on any atom is -0.326 e. The van der Waals surface area contributed by atoms with Crippen molar-refractivity contribution in [3.05, 3.63) is 23.8 Å². The van der Waals surface area contributed by atoms with Crippen molar-refractivity contribution in [3.63, 3.8) is 0 Å². The molecule has 2 atom stereocenters. The van der Waals surface area contributed by atoms with Gasteiger partial charge >= 0.3 is 6.18 Å². The lowest BCUT2D eigenvalue weighted by Crippen LogP contribution is -2.38. The Morgan fingerprint density at radius 3 is 2.84 bits per heavy atom. The highest BCUT2D eigenvalue weighted by Gasteiger charge is 2.34. The van der Waals surface area contributed by atoms with Gasteiger partial charge in [-0.15, -0.1) is 0 Å². The summed E-state index contributed by atoms with van der Waals surface area (Å²) < 4.78 is 39.8. The molecule has 2 aromatic rings. The van der Waals surface area contributed by atoms with Crippen LogP contribution in [0.25, 0.3) is 11.0 Å². The lowest BCUT2D eigenvalue weighted by Gasteiger charge is -2.27. The van der Waals surface area contributed by atoms with Crippen molar-refractivity contribution < 1.29 is 13.2 Å². The molecule has 1 unspecified atom stereocenters. The molecule has 4 nitrogen and oxygen atoms in total. The molecule has 19 heavy (non-hydrogen) atoms. The van der Waals surface area contributed by atoms with Crippen molar-refractivity contribution >= 4 is 11.0 Å². The summed E-state index contributed by atoms with van der Waals surface area (Å²) in [5, 5.41) is 0. The van der Waals surface area contributed by atoms with Crippen LogP contribution in [0.3, 0.4) is 0 Å². The maximum atomic E-state index is 12.7. The molecule has 2 aromatic heterocycles. The third-order valence-corrected chi connectivity index (χ3v) is 3.63. The quantitative estimate of drug-likeness (QED) is 0.796. The molecule has 2 N–H and O–H groups in total. The third kappa shape index (κ3) is 1.98. The highest BCUT2D eigenvalue weighted by atomic mass is 19.4. The van der Waals surface area contributed by atoms with Crippen molar-refractivity contribution in [3.8, 4) is 0 Å².